The number of unbranched alkanes of at least 4 members (excludes halogenated alkanes) is 9. The Balaban J connectivity index is 2.02. The molecule has 0 heterocycles. The fraction of sp³-hybridized carbons (Fsp3) is 0.897. The Morgan fingerprint density at radius 2 is 1.42 bits per heavy atom. The van der Waals surface area contributed by atoms with Gasteiger partial charge < -0.3 is 9.53 Å². The highest BCUT2D eigenvalue weighted by Gasteiger charge is 2.40. The lowest BCUT2D eigenvalue weighted by molar-refractivity contribution is -0.145. The van der Waals surface area contributed by atoms with Crippen molar-refractivity contribution in [1.82, 2.24) is 0 Å². The largest absolute Gasteiger partial charge is 0.479 e. The van der Waals surface area contributed by atoms with Gasteiger partial charge in [-0.1, -0.05) is 110 Å². The zero-order valence-electron chi connectivity index (χ0n) is 23.0. The van der Waals surface area contributed by atoms with Crippen molar-refractivity contribution in [3.63, 3.8) is 0 Å². The van der Waals surface area contributed by atoms with Crippen LogP contribution in [-0.2, 0) is 9.22 Å². The number of hydrogen-bond acceptors (Lipinski definition) is 2. The van der Waals surface area contributed by atoms with Crippen LogP contribution in [0.1, 0.15) is 130 Å². The van der Waals surface area contributed by atoms with Gasteiger partial charge in [-0.05, 0) is 62.1 Å². The Kier molecular flexibility index (Phi) is 14.9. The van der Waals surface area contributed by atoms with Gasteiger partial charge in [0.25, 0.3) is 0 Å². The highest BCUT2D eigenvalue weighted by atomic mass is 28.4. The summed E-state index contributed by atoms with van der Waals surface area (Å²) in [6.45, 7) is 13.0. The second-order valence-corrected chi connectivity index (χ2v) is 16.8. The van der Waals surface area contributed by atoms with Gasteiger partial charge in [-0.25, -0.2) is 4.79 Å². The number of carbonyl (C=O) groups is 1. The highest BCUT2D eigenvalue weighted by molar-refractivity contribution is 6.74. The van der Waals surface area contributed by atoms with E-state index in [0.717, 1.165) is 24.7 Å². The van der Waals surface area contributed by atoms with Crippen LogP contribution < -0.4 is 0 Å². The van der Waals surface area contributed by atoms with E-state index < -0.39 is 20.4 Å². The molecule has 1 aliphatic rings. The molecule has 0 spiro atoms. The maximum atomic E-state index is 11.6. The zero-order chi connectivity index (χ0) is 24.7. The standard InChI is InChI=1S/C29H56O3Si/c1-7-8-9-10-11-12-15-18-21-25-24-26(25)22-19-16-13-14-17-20-23-27(28(30)31)32-33(5,6)29(2,3)4/h14,17,25-27H,7-13,15-16,18-24H2,1-6H3,(H,30,31)/b17-14-/t25-,26+,27+/m0/s1. The van der Waals surface area contributed by atoms with E-state index in [2.05, 4.69) is 52.9 Å². The van der Waals surface area contributed by atoms with E-state index in [1.165, 1.54) is 83.5 Å². The van der Waals surface area contributed by atoms with Gasteiger partial charge in [0, 0.05) is 0 Å². The molecule has 1 aliphatic carbocycles. The van der Waals surface area contributed by atoms with Gasteiger partial charge >= 0.3 is 5.97 Å². The van der Waals surface area contributed by atoms with E-state index in [1.807, 2.05) is 0 Å². The minimum absolute atomic E-state index is 0.0327. The first-order valence-electron chi connectivity index (χ1n) is 14.1. The van der Waals surface area contributed by atoms with Gasteiger partial charge in [-0.3, -0.25) is 0 Å². The third kappa shape index (κ3) is 13.8. The summed E-state index contributed by atoms with van der Waals surface area (Å²) in [4.78, 5) is 11.6. The maximum Gasteiger partial charge on any atom is 0.331 e. The van der Waals surface area contributed by atoms with E-state index in [-0.39, 0.29) is 5.04 Å². The quantitative estimate of drug-likeness (QED) is 0.107. The summed E-state index contributed by atoms with van der Waals surface area (Å²) in [6.07, 6.45) is 24.6. The van der Waals surface area contributed by atoms with Crippen LogP contribution in [0.25, 0.3) is 0 Å². The summed E-state index contributed by atoms with van der Waals surface area (Å²) in [5.74, 6) is 1.23. The number of carboxylic acid groups (broad SMARTS) is 1. The molecule has 0 unspecified atom stereocenters. The summed E-state index contributed by atoms with van der Waals surface area (Å²) in [5, 5.41) is 9.58. The molecule has 0 aromatic carbocycles. The van der Waals surface area contributed by atoms with Crippen molar-refractivity contribution in [1.29, 1.82) is 0 Å². The van der Waals surface area contributed by atoms with Crippen LogP contribution in [0.15, 0.2) is 12.2 Å². The van der Waals surface area contributed by atoms with Crippen LogP contribution >= 0.6 is 0 Å². The van der Waals surface area contributed by atoms with E-state index in [1.54, 1.807) is 0 Å². The van der Waals surface area contributed by atoms with Crippen molar-refractivity contribution in [2.75, 3.05) is 0 Å². The number of allylic oxidation sites excluding steroid dienone is 2. The molecule has 1 rings (SSSR count). The van der Waals surface area contributed by atoms with Crippen molar-refractivity contribution >= 4 is 14.3 Å². The molecule has 0 bridgehead atoms. The number of hydrogen-bond donors (Lipinski definition) is 1. The summed E-state index contributed by atoms with van der Waals surface area (Å²) in [7, 11) is -2.05. The van der Waals surface area contributed by atoms with Gasteiger partial charge in [0.1, 0.15) is 6.10 Å². The molecule has 0 saturated heterocycles. The Hall–Kier alpha value is -0.613. The molecule has 0 aromatic rings. The Morgan fingerprint density at radius 1 is 0.909 bits per heavy atom. The Morgan fingerprint density at radius 3 is 1.97 bits per heavy atom. The molecule has 3 nitrogen and oxygen atoms in total. The van der Waals surface area contributed by atoms with Crippen molar-refractivity contribution < 1.29 is 14.3 Å². The topological polar surface area (TPSA) is 46.5 Å². The number of aliphatic carboxylic acids is 1. The fourth-order valence-corrected chi connectivity index (χ4v) is 5.76. The molecular formula is C29H56O3Si. The van der Waals surface area contributed by atoms with Crippen LogP contribution in [-0.4, -0.2) is 25.5 Å². The van der Waals surface area contributed by atoms with Gasteiger partial charge in [0.05, 0.1) is 0 Å². The summed E-state index contributed by atoms with van der Waals surface area (Å²) in [6, 6.07) is 0. The van der Waals surface area contributed by atoms with Gasteiger partial charge in [0.15, 0.2) is 8.32 Å². The van der Waals surface area contributed by atoms with Crippen LogP contribution in [0.3, 0.4) is 0 Å². The predicted molar refractivity (Wildman–Crippen MR) is 145 cm³/mol. The first-order chi connectivity index (χ1) is 15.6. The predicted octanol–water partition coefficient (Wildman–Crippen LogP) is 9.53. The number of carboxylic acids is 1. The summed E-state index contributed by atoms with van der Waals surface area (Å²) >= 11 is 0. The first kappa shape index (κ1) is 30.4. The monoisotopic (exact) mass is 480 g/mol. The average molecular weight is 481 g/mol. The molecular weight excluding hydrogens is 424 g/mol. The van der Waals surface area contributed by atoms with Gasteiger partial charge in [-0.2, -0.15) is 0 Å². The molecule has 1 saturated carbocycles. The minimum Gasteiger partial charge on any atom is -0.479 e. The molecule has 0 aromatic heterocycles. The smallest absolute Gasteiger partial charge is 0.331 e. The van der Waals surface area contributed by atoms with Crippen molar-refractivity contribution in [3.05, 3.63) is 12.2 Å². The van der Waals surface area contributed by atoms with Crippen LogP contribution in [0, 0.1) is 11.8 Å². The molecule has 4 heteroatoms. The van der Waals surface area contributed by atoms with Crippen LogP contribution in [0.2, 0.25) is 18.1 Å². The third-order valence-corrected chi connectivity index (χ3v) is 12.5. The SMILES string of the molecule is CCCCCCCCCC[C@H]1C[C@H]1CCCC/C=C\CC[C@@H](O[Si](C)(C)C(C)(C)C)C(=O)O. The lowest BCUT2D eigenvalue weighted by atomic mass is 10.0. The Bertz CT molecular complexity index is 550. The normalized spacial score (nSPS) is 19.8. The lowest BCUT2D eigenvalue weighted by Gasteiger charge is -2.38. The highest BCUT2D eigenvalue weighted by Crippen LogP contribution is 2.45. The van der Waals surface area contributed by atoms with E-state index in [0.29, 0.717) is 6.42 Å². The average Bonchev–Trinajstić information content (AvgIpc) is 3.48. The summed E-state index contributed by atoms with van der Waals surface area (Å²) in [5.41, 5.74) is 0. The lowest BCUT2D eigenvalue weighted by Crippen LogP contribution is -2.46. The molecule has 1 N–H and O–H groups in total. The second-order valence-electron chi connectivity index (χ2n) is 12.1. The molecule has 0 radical (unpaired) electrons. The molecule has 0 aliphatic heterocycles. The maximum absolute atomic E-state index is 11.6. The molecule has 33 heavy (non-hydrogen) atoms. The summed E-state index contributed by atoms with van der Waals surface area (Å²) < 4.78 is 6.12. The van der Waals surface area contributed by atoms with E-state index in [9.17, 15) is 9.90 Å². The van der Waals surface area contributed by atoms with Gasteiger partial charge in [-0.15, -0.1) is 0 Å². The number of rotatable bonds is 20. The van der Waals surface area contributed by atoms with E-state index in [4.69, 9.17) is 4.43 Å². The van der Waals surface area contributed by atoms with Gasteiger partial charge in [0.2, 0.25) is 0 Å². The second kappa shape index (κ2) is 16.1. The van der Waals surface area contributed by atoms with Crippen molar-refractivity contribution in [2.45, 2.75) is 155 Å². The van der Waals surface area contributed by atoms with Crippen LogP contribution in [0.4, 0.5) is 0 Å². The first-order valence-corrected chi connectivity index (χ1v) is 17.0. The zero-order valence-corrected chi connectivity index (χ0v) is 24.0. The van der Waals surface area contributed by atoms with Crippen LogP contribution in [0.5, 0.6) is 0 Å². The minimum atomic E-state index is -2.05. The van der Waals surface area contributed by atoms with Crippen molar-refractivity contribution in [2.24, 2.45) is 11.8 Å². The fourth-order valence-electron chi connectivity index (χ4n) is 4.48. The Labute approximate surface area is 207 Å². The molecule has 0 amide bonds. The third-order valence-electron chi connectivity index (χ3n) is 7.97. The molecule has 1 fully saturated rings. The molecule has 3 atom stereocenters. The van der Waals surface area contributed by atoms with Crippen molar-refractivity contribution in [3.8, 4) is 0 Å². The molecule has 194 valence electrons. The van der Waals surface area contributed by atoms with E-state index >= 15 is 0 Å².